The van der Waals surface area contributed by atoms with Crippen LogP contribution in [0.1, 0.15) is 15.4 Å². The molecule has 0 unspecified atom stereocenters. The molecule has 0 atom stereocenters. The van der Waals surface area contributed by atoms with E-state index in [0.717, 1.165) is 6.42 Å². The van der Waals surface area contributed by atoms with E-state index >= 15 is 0 Å². The molecule has 0 radical (unpaired) electrons. The summed E-state index contributed by atoms with van der Waals surface area (Å²) in [5.74, 6) is 5.47. The molecule has 2 aromatic rings. The van der Waals surface area contributed by atoms with E-state index in [9.17, 15) is 4.79 Å². The summed E-state index contributed by atoms with van der Waals surface area (Å²) in [5.41, 5.74) is 2.68. The van der Waals surface area contributed by atoms with Crippen LogP contribution in [0.2, 0.25) is 0 Å². The number of amides is 1. The van der Waals surface area contributed by atoms with Crippen molar-refractivity contribution in [1.82, 2.24) is 15.1 Å². The van der Waals surface area contributed by atoms with Gasteiger partial charge in [0, 0.05) is 18.5 Å². The number of nitrogen functional groups attached to an aromatic ring is 1. The van der Waals surface area contributed by atoms with Gasteiger partial charge in [0.05, 0.1) is 0 Å². The van der Waals surface area contributed by atoms with Crippen molar-refractivity contribution in [3.8, 4) is 0 Å². The number of carbonyl (C=O) groups is 1. The highest BCUT2D eigenvalue weighted by molar-refractivity contribution is 7.09. The lowest BCUT2D eigenvalue weighted by Crippen LogP contribution is -2.29. The summed E-state index contributed by atoms with van der Waals surface area (Å²) < 4.78 is 0. The van der Waals surface area contributed by atoms with Gasteiger partial charge in [0.2, 0.25) is 0 Å². The molecule has 0 aliphatic rings. The van der Waals surface area contributed by atoms with Crippen LogP contribution in [-0.4, -0.2) is 34.6 Å². The van der Waals surface area contributed by atoms with E-state index in [1.807, 2.05) is 11.4 Å². The SMILES string of the molecule is CN(CCc1cccs1)C(=O)c1ccc(NN)nn1. The Morgan fingerprint density at radius 3 is 2.84 bits per heavy atom. The fourth-order valence-electron chi connectivity index (χ4n) is 1.55. The molecule has 0 aromatic carbocycles. The lowest BCUT2D eigenvalue weighted by molar-refractivity contribution is 0.0790. The van der Waals surface area contributed by atoms with Gasteiger partial charge in [-0.15, -0.1) is 21.5 Å². The highest BCUT2D eigenvalue weighted by atomic mass is 32.1. The summed E-state index contributed by atoms with van der Waals surface area (Å²) in [7, 11) is 1.76. The molecule has 2 rings (SSSR count). The lowest BCUT2D eigenvalue weighted by atomic mass is 10.3. The summed E-state index contributed by atoms with van der Waals surface area (Å²) in [5, 5.41) is 9.64. The third kappa shape index (κ3) is 3.49. The molecule has 19 heavy (non-hydrogen) atoms. The molecule has 0 aliphatic carbocycles. The number of hydrogen-bond donors (Lipinski definition) is 2. The number of rotatable bonds is 5. The normalized spacial score (nSPS) is 10.2. The standard InChI is InChI=1S/C12H15N5OS/c1-17(7-6-9-3-2-8-19-9)12(18)10-4-5-11(14-13)16-15-10/h2-5,8H,6-7,13H2,1H3,(H,14,16). The van der Waals surface area contributed by atoms with E-state index in [4.69, 9.17) is 5.84 Å². The first-order valence-corrected chi connectivity index (χ1v) is 6.67. The molecule has 7 heteroatoms. The van der Waals surface area contributed by atoms with Gasteiger partial charge >= 0.3 is 0 Å². The number of nitrogens with two attached hydrogens (primary N) is 1. The van der Waals surface area contributed by atoms with Crippen LogP contribution in [0, 0.1) is 0 Å². The van der Waals surface area contributed by atoms with Crippen LogP contribution in [0.25, 0.3) is 0 Å². The van der Waals surface area contributed by atoms with Crippen LogP contribution in [-0.2, 0) is 6.42 Å². The number of aromatic nitrogens is 2. The number of thiophene rings is 1. The van der Waals surface area contributed by atoms with Gasteiger partial charge < -0.3 is 10.3 Å². The molecule has 0 bridgehead atoms. The van der Waals surface area contributed by atoms with E-state index in [1.54, 1.807) is 35.4 Å². The fourth-order valence-corrected chi connectivity index (χ4v) is 2.25. The van der Waals surface area contributed by atoms with E-state index in [0.29, 0.717) is 18.1 Å². The Morgan fingerprint density at radius 1 is 1.42 bits per heavy atom. The molecule has 3 N–H and O–H groups in total. The number of likely N-dealkylation sites (N-methyl/N-ethyl adjacent to an activating group) is 1. The highest BCUT2D eigenvalue weighted by Gasteiger charge is 2.13. The van der Waals surface area contributed by atoms with Crippen molar-refractivity contribution in [2.75, 3.05) is 19.0 Å². The fraction of sp³-hybridized carbons (Fsp3) is 0.250. The topological polar surface area (TPSA) is 84.1 Å². The molecule has 1 amide bonds. The van der Waals surface area contributed by atoms with Crippen LogP contribution < -0.4 is 11.3 Å². The number of carbonyl (C=O) groups excluding carboxylic acids is 1. The number of hydrazine groups is 1. The van der Waals surface area contributed by atoms with Crippen molar-refractivity contribution in [3.05, 3.63) is 40.2 Å². The minimum absolute atomic E-state index is 0.146. The second-order valence-corrected chi connectivity index (χ2v) is 5.04. The quantitative estimate of drug-likeness (QED) is 0.632. The Kier molecular flexibility index (Phi) is 4.43. The maximum absolute atomic E-state index is 12.1. The van der Waals surface area contributed by atoms with Gasteiger partial charge in [-0.25, -0.2) is 5.84 Å². The first-order valence-electron chi connectivity index (χ1n) is 5.79. The first kappa shape index (κ1) is 13.4. The van der Waals surface area contributed by atoms with Gasteiger partial charge in [0.1, 0.15) is 0 Å². The molecular formula is C12H15N5OS. The predicted molar refractivity (Wildman–Crippen MR) is 74.8 cm³/mol. The molecule has 2 aromatic heterocycles. The Morgan fingerprint density at radius 2 is 2.26 bits per heavy atom. The maximum atomic E-state index is 12.1. The third-order valence-corrected chi connectivity index (χ3v) is 3.59. The molecule has 100 valence electrons. The van der Waals surface area contributed by atoms with Gasteiger partial charge in [-0.2, -0.15) is 0 Å². The minimum atomic E-state index is -0.146. The Bertz CT molecular complexity index is 526. The van der Waals surface area contributed by atoms with Gasteiger partial charge in [-0.3, -0.25) is 4.79 Å². The van der Waals surface area contributed by atoms with E-state index in [-0.39, 0.29) is 5.91 Å². The minimum Gasteiger partial charge on any atom is -0.340 e. The molecule has 2 heterocycles. The van der Waals surface area contributed by atoms with E-state index < -0.39 is 0 Å². The van der Waals surface area contributed by atoms with Crippen molar-refractivity contribution < 1.29 is 4.79 Å². The van der Waals surface area contributed by atoms with Crippen LogP contribution in [0.3, 0.4) is 0 Å². The summed E-state index contributed by atoms with van der Waals surface area (Å²) in [4.78, 5) is 15.0. The molecule has 6 nitrogen and oxygen atoms in total. The predicted octanol–water partition coefficient (Wildman–Crippen LogP) is 1.14. The average Bonchev–Trinajstić information content (AvgIpc) is 2.97. The number of hydrogen-bond acceptors (Lipinski definition) is 6. The summed E-state index contributed by atoms with van der Waals surface area (Å²) in [6.07, 6.45) is 0.843. The highest BCUT2D eigenvalue weighted by Crippen LogP contribution is 2.10. The number of anilines is 1. The largest absolute Gasteiger partial charge is 0.340 e. The second-order valence-electron chi connectivity index (χ2n) is 4.00. The molecule has 0 fully saturated rings. The van der Waals surface area contributed by atoms with Crippen molar-refractivity contribution in [3.63, 3.8) is 0 Å². The summed E-state index contributed by atoms with van der Waals surface area (Å²) in [6.45, 7) is 0.651. The van der Waals surface area contributed by atoms with Gasteiger partial charge in [0.15, 0.2) is 11.5 Å². The van der Waals surface area contributed by atoms with Gasteiger partial charge in [0.25, 0.3) is 5.91 Å². The zero-order valence-corrected chi connectivity index (χ0v) is 11.4. The molecule has 0 saturated carbocycles. The Balaban J connectivity index is 1.94. The maximum Gasteiger partial charge on any atom is 0.274 e. The number of nitrogens with zero attached hydrogens (tertiary/aromatic N) is 3. The molecule has 0 aliphatic heterocycles. The zero-order chi connectivity index (χ0) is 13.7. The Hall–Kier alpha value is -1.99. The van der Waals surface area contributed by atoms with Crippen LogP contribution in [0.4, 0.5) is 5.82 Å². The van der Waals surface area contributed by atoms with Crippen LogP contribution in [0.15, 0.2) is 29.6 Å². The lowest BCUT2D eigenvalue weighted by Gasteiger charge is -2.15. The van der Waals surface area contributed by atoms with Crippen molar-refractivity contribution in [2.24, 2.45) is 5.84 Å². The summed E-state index contributed by atoms with van der Waals surface area (Å²) >= 11 is 1.69. The molecule has 0 spiro atoms. The second kappa shape index (κ2) is 6.26. The van der Waals surface area contributed by atoms with E-state index in [2.05, 4.69) is 21.7 Å². The van der Waals surface area contributed by atoms with Crippen molar-refractivity contribution in [2.45, 2.75) is 6.42 Å². The monoisotopic (exact) mass is 277 g/mol. The first-order chi connectivity index (χ1) is 9.20. The number of nitrogens with one attached hydrogen (secondary N) is 1. The van der Waals surface area contributed by atoms with Crippen LogP contribution in [0.5, 0.6) is 0 Å². The van der Waals surface area contributed by atoms with Crippen molar-refractivity contribution in [1.29, 1.82) is 0 Å². The average molecular weight is 277 g/mol. The molecule has 0 saturated heterocycles. The van der Waals surface area contributed by atoms with Crippen LogP contribution >= 0.6 is 11.3 Å². The van der Waals surface area contributed by atoms with Gasteiger partial charge in [-0.1, -0.05) is 6.07 Å². The van der Waals surface area contributed by atoms with Crippen molar-refractivity contribution >= 4 is 23.1 Å². The molecular weight excluding hydrogens is 262 g/mol. The zero-order valence-electron chi connectivity index (χ0n) is 10.5. The summed E-state index contributed by atoms with van der Waals surface area (Å²) in [6, 6.07) is 7.29. The van der Waals surface area contributed by atoms with E-state index in [1.165, 1.54) is 4.88 Å². The van der Waals surface area contributed by atoms with Gasteiger partial charge in [-0.05, 0) is 30.0 Å². The smallest absolute Gasteiger partial charge is 0.274 e. The third-order valence-electron chi connectivity index (χ3n) is 2.65. The Labute approximate surface area is 115 Å².